The molecule has 1 aromatic carbocycles. The average Bonchev–Trinajstić information content (AvgIpc) is 2.73. The van der Waals surface area contributed by atoms with Crippen LogP contribution in [-0.2, 0) is 13.7 Å². The van der Waals surface area contributed by atoms with Crippen molar-refractivity contribution in [1.29, 1.82) is 0 Å². The fourth-order valence-electron chi connectivity index (χ4n) is 1.47. The number of benzene rings is 1. The molecule has 1 aromatic heterocycles. The van der Waals surface area contributed by atoms with Crippen molar-refractivity contribution in [1.82, 2.24) is 14.8 Å². The van der Waals surface area contributed by atoms with E-state index in [1.165, 1.54) is 0 Å². The van der Waals surface area contributed by atoms with Crippen molar-refractivity contribution in [3.63, 3.8) is 0 Å². The summed E-state index contributed by atoms with van der Waals surface area (Å²) < 4.78 is 7.34. The molecule has 0 spiro atoms. The van der Waals surface area contributed by atoms with Gasteiger partial charge in [-0.25, -0.2) is 0 Å². The second-order valence-corrected chi connectivity index (χ2v) is 4.42. The SMILES string of the molecule is CC(O)c1ccc(OCc2nncn2C)c(Cl)c1. The van der Waals surface area contributed by atoms with Gasteiger partial charge in [-0.2, -0.15) is 0 Å². The predicted octanol–water partition coefficient (Wildman–Crippen LogP) is 2.10. The summed E-state index contributed by atoms with van der Waals surface area (Å²) in [5.41, 5.74) is 0.756. The van der Waals surface area contributed by atoms with Crippen LogP contribution in [0, 0.1) is 0 Å². The lowest BCUT2D eigenvalue weighted by atomic mass is 10.1. The second kappa shape index (κ2) is 5.37. The lowest BCUT2D eigenvalue weighted by molar-refractivity contribution is 0.199. The minimum Gasteiger partial charge on any atom is -0.484 e. The quantitative estimate of drug-likeness (QED) is 0.922. The van der Waals surface area contributed by atoms with Crippen molar-refractivity contribution in [2.75, 3.05) is 0 Å². The Kier molecular flexibility index (Phi) is 3.84. The minimum absolute atomic E-state index is 0.296. The van der Waals surface area contributed by atoms with Crippen LogP contribution in [0.1, 0.15) is 24.4 Å². The third-order valence-corrected chi connectivity index (χ3v) is 2.90. The Morgan fingerprint density at radius 3 is 2.83 bits per heavy atom. The van der Waals surface area contributed by atoms with Gasteiger partial charge in [-0.1, -0.05) is 17.7 Å². The summed E-state index contributed by atoms with van der Waals surface area (Å²) >= 11 is 6.07. The second-order valence-electron chi connectivity index (χ2n) is 4.01. The van der Waals surface area contributed by atoms with Crippen molar-refractivity contribution in [3.05, 3.63) is 40.9 Å². The van der Waals surface area contributed by atoms with Crippen LogP contribution in [0.25, 0.3) is 0 Å². The standard InChI is InChI=1S/C12H14ClN3O2/c1-8(17)9-3-4-11(10(13)5-9)18-6-12-15-14-7-16(12)2/h3-5,7-8,17H,6H2,1-2H3. The number of halogens is 1. The lowest BCUT2D eigenvalue weighted by Crippen LogP contribution is -2.03. The van der Waals surface area contributed by atoms with E-state index in [4.69, 9.17) is 16.3 Å². The molecule has 0 bridgehead atoms. The lowest BCUT2D eigenvalue weighted by Gasteiger charge is -2.10. The monoisotopic (exact) mass is 267 g/mol. The van der Waals surface area contributed by atoms with Gasteiger partial charge in [0.05, 0.1) is 11.1 Å². The smallest absolute Gasteiger partial charge is 0.170 e. The van der Waals surface area contributed by atoms with Crippen molar-refractivity contribution < 1.29 is 9.84 Å². The fraction of sp³-hybridized carbons (Fsp3) is 0.333. The summed E-state index contributed by atoms with van der Waals surface area (Å²) in [6, 6.07) is 5.21. The number of hydrogen-bond donors (Lipinski definition) is 1. The minimum atomic E-state index is -0.546. The van der Waals surface area contributed by atoms with E-state index in [0.29, 0.717) is 23.2 Å². The first-order valence-corrected chi connectivity index (χ1v) is 5.89. The van der Waals surface area contributed by atoms with Crippen LogP contribution >= 0.6 is 11.6 Å². The number of rotatable bonds is 4. The van der Waals surface area contributed by atoms with Crippen molar-refractivity contribution >= 4 is 11.6 Å². The maximum Gasteiger partial charge on any atom is 0.170 e. The Labute approximate surface area is 110 Å². The Morgan fingerprint density at radius 1 is 1.50 bits per heavy atom. The molecule has 0 amide bonds. The van der Waals surface area contributed by atoms with Crippen LogP contribution in [0.15, 0.2) is 24.5 Å². The summed E-state index contributed by atoms with van der Waals surface area (Å²) in [4.78, 5) is 0. The molecule has 1 atom stereocenters. The molecule has 96 valence electrons. The van der Waals surface area contributed by atoms with Crippen LogP contribution in [0.3, 0.4) is 0 Å². The van der Waals surface area contributed by atoms with Crippen LogP contribution in [0.4, 0.5) is 0 Å². The van der Waals surface area contributed by atoms with Crippen molar-refractivity contribution in [2.24, 2.45) is 7.05 Å². The van der Waals surface area contributed by atoms with E-state index in [1.54, 1.807) is 36.0 Å². The number of nitrogens with zero attached hydrogens (tertiary/aromatic N) is 3. The third-order valence-electron chi connectivity index (χ3n) is 2.60. The topological polar surface area (TPSA) is 60.2 Å². The van der Waals surface area contributed by atoms with E-state index in [9.17, 15) is 5.11 Å². The van der Waals surface area contributed by atoms with Gasteiger partial charge in [0.15, 0.2) is 5.82 Å². The van der Waals surface area contributed by atoms with Gasteiger partial charge in [0.2, 0.25) is 0 Å². The molecule has 0 saturated carbocycles. The zero-order valence-corrected chi connectivity index (χ0v) is 10.9. The largest absolute Gasteiger partial charge is 0.484 e. The maximum absolute atomic E-state index is 9.43. The number of hydrogen-bond acceptors (Lipinski definition) is 4. The third kappa shape index (κ3) is 2.80. The fourth-order valence-corrected chi connectivity index (χ4v) is 1.72. The summed E-state index contributed by atoms with van der Waals surface area (Å²) in [5.74, 6) is 1.27. The number of aliphatic hydroxyl groups is 1. The van der Waals surface area contributed by atoms with Crippen LogP contribution in [0.5, 0.6) is 5.75 Å². The van der Waals surface area contributed by atoms with E-state index in [-0.39, 0.29) is 0 Å². The predicted molar refractivity (Wildman–Crippen MR) is 67.4 cm³/mol. The number of aryl methyl sites for hydroxylation is 1. The highest BCUT2D eigenvalue weighted by atomic mass is 35.5. The molecule has 18 heavy (non-hydrogen) atoms. The van der Waals surface area contributed by atoms with Crippen molar-refractivity contribution in [3.8, 4) is 5.75 Å². The van der Waals surface area contributed by atoms with E-state index in [1.807, 2.05) is 7.05 Å². The average molecular weight is 268 g/mol. The first-order chi connectivity index (χ1) is 8.58. The number of aliphatic hydroxyl groups excluding tert-OH is 1. The highest BCUT2D eigenvalue weighted by Gasteiger charge is 2.08. The van der Waals surface area contributed by atoms with Crippen LogP contribution < -0.4 is 4.74 Å². The summed E-state index contributed by atoms with van der Waals surface area (Å²) in [5, 5.41) is 17.6. The molecular formula is C12H14ClN3O2. The molecule has 0 aliphatic heterocycles. The van der Waals surface area contributed by atoms with Gasteiger partial charge in [0.25, 0.3) is 0 Å². The Balaban J connectivity index is 2.08. The number of ether oxygens (including phenoxy) is 1. The van der Waals surface area contributed by atoms with E-state index >= 15 is 0 Å². The molecule has 1 unspecified atom stereocenters. The zero-order valence-electron chi connectivity index (χ0n) is 10.2. The normalized spacial score (nSPS) is 12.4. The van der Waals surface area contributed by atoms with Gasteiger partial charge < -0.3 is 14.4 Å². The molecule has 0 fully saturated rings. The molecular weight excluding hydrogens is 254 g/mol. The van der Waals surface area contributed by atoms with Gasteiger partial charge in [0, 0.05) is 7.05 Å². The molecule has 2 rings (SSSR count). The first kappa shape index (κ1) is 12.9. The molecule has 0 aliphatic carbocycles. The van der Waals surface area contributed by atoms with Crippen LogP contribution in [0.2, 0.25) is 5.02 Å². The molecule has 0 saturated heterocycles. The molecule has 0 aliphatic rings. The molecule has 5 nitrogen and oxygen atoms in total. The highest BCUT2D eigenvalue weighted by molar-refractivity contribution is 6.32. The summed E-state index contributed by atoms with van der Waals surface area (Å²) in [6.07, 6.45) is 1.06. The van der Waals surface area contributed by atoms with Crippen molar-refractivity contribution in [2.45, 2.75) is 19.6 Å². The Morgan fingerprint density at radius 2 is 2.28 bits per heavy atom. The van der Waals surface area contributed by atoms with Gasteiger partial charge in [-0.05, 0) is 24.6 Å². The molecule has 2 aromatic rings. The van der Waals surface area contributed by atoms with Crippen LogP contribution in [-0.4, -0.2) is 19.9 Å². The van der Waals surface area contributed by atoms with E-state index in [0.717, 1.165) is 5.56 Å². The Hall–Kier alpha value is -1.59. The molecule has 0 radical (unpaired) electrons. The molecule has 1 heterocycles. The summed E-state index contributed by atoms with van der Waals surface area (Å²) in [7, 11) is 1.84. The highest BCUT2D eigenvalue weighted by Crippen LogP contribution is 2.28. The van der Waals surface area contributed by atoms with Gasteiger partial charge in [0.1, 0.15) is 18.7 Å². The Bertz CT molecular complexity index is 540. The maximum atomic E-state index is 9.43. The van der Waals surface area contributed by atoms with Gasteiger partial charge in [-0.15, -0.1) is 10.2 Å². The first-order valence-electron chi connectivity index (χ1n) is 5.51. The zero-order chi connectivity index (χ0) is 13.1. The van der Waals surface area contributed by atoms with E-state index in [2.05, 4.69) is 10.2 Å². The molecule has 1 N–H and O–H groups in total. The van der Waals surface area contributed by atoms with Gasteiger partial charge in [-0.3, -0.25) is 0 Å². The summed E-state index contributed by atoms with van der Waals surface area (Å²) in [6.45, 7) is 1.98. The van der Waals surface area contributed by atoms with Gasteiger partial charge >= 0.3 is 0 Å². The van der Waals surface area contributed by atoms with E-state index < -0.39 is 6.10 Å². The molecule has 6 heteroatoms. The number of aromatic nitrogens is 3.